The maximum atomic E-state index is 12.0. The largest absolute Gasteiger partial charge is 0.489 e. The topological polar surface area (TPSA) is 61.6 Å². The molecule has 0 spiro atoms. The molecule has 2 aromatic heterocycles. The predicted molar refractivity (Wildman–Crippen MR) is 149 cm³/mol. The third-order valence-electron chi connectivity index (χ3n) is 6.10. The summed E-state index contributed by atoms with van der Waals surface area (Å²) >= 11 is 14.4. The normalized spacial score (nSPS) is 11.1. The van der Waals surface area contributed by atoms with Crippen molar-refractivity contribution in [2.75, 3.05) is 7.11 Å². The fourth-order valence-corrected chi connectivity index (χ4v) is 5.76. The Kier molecular flexibility index (Phi) is 7.51. The molecule has 188 valence electrons. The molecule has 0 aliphatic heterocycles. The highest BCUT2D eigenvalue weighted by atomic mass is 35.5. The molecular weight excluding hydrogens is 529 g/mol. The van der Waals surface area contributed by atoms with Crippen molar-refractivity contribution < 1.29 is 18.8 Å². The standard InChI is InChI=1S/C29H23Cl2NO4S/c1-3-5-25-21(28(32-36-25)27-23(30)6-4-7-24(27)31)15-35-19-11-8-17(9-12-19)18-10-13-20-22(29(33)34-2)16-37-26(20)14-18/h4,6-14,16H,3,5,15H2,1-2H3. The van der Waals surface area contributed by atoms with Gasteiger partial charge in [-0.3, -0.25) is 0 Å². The van der Waals surface area contributed by atoms with Crippen molar-refractivity contribution in [1.29, 1.82) is 0 Å². The number of esters is 1. The first-order chi connectivity index (χ1) is 18.0. The first-order valence-electron chi connectivity index (χ1n) is 11.7. The van der Waals surface area contributed by atoms with Crippen molar-refractivity contribution in [2.45, 2.75) is 26.4 Å². The van der Waals surface area contributed by atoms with Crippen molar-refractivity contribution >= 4 is 50.6 Å². The van der Waals surface area contributed by atoms with Gasteiger partial charge in [0.1, 0.15) is 23.8 Å². The molecule has 5 nitrogen and oxygen atoms in total. The zero-order chi connectivity index (χ0) is 25.9. The van der Waals surface area contributed by atoms with Crippen LogP contribution in [0.4, 0.5) is 0 Å². The molecule has 0 bridgehead atoms. The van der Waals surface area contributed by atoms with Crippen molar-refractivity contribution in [3.63, 3.8) is 0 Å². The molecule has 0 amide bonds. The van der Waals surface area contributed by atoms with E-state index < -0.39 is 0 Å². The average Bonchev–Trinajstić information content (AvgIpc) is 3.51. The lowest BCUT2D eigenvalue weighted by atomic mass is 10.0. The van der Waals surface area contributed by atoms with Gasteiger partial charge < -0.3 is 14.0 Å². The van der Waals surface area contributed by atoms with Crippen LogP contribution in [0.25, 0.3) is 32.5 Å². The number of hydrogen-bond donors (Lipinski definition) is 0. The van der Waals surface area contributed by atoms with E-state index >= 15 is 0 Å². The summed E-state index contributed by atoms with van der Waals surface area (Å²) in [6.45, 7) is 2.35. The van der Waals surface area contributed by atoms with Crippen LogP contribution in [-0.4, -0.2) is 18.2 Å². The van der Waals surface area contributed by atoms with Crippen LogP contribution in [0.5, 0.6) is 5.75 Å². The molecule has 0 fully saturated rings. The second kappa shape index (κ2) is 11.0. The summed E-state index contributed by atoms with van der Waals surface area (Å²) < 4.78 is 17.7. The summed E-state index contributed by atoms with van der Waals surface area (Å²) in [5.74, 6) is 1.16. The number of hydrogen-bond acceptors (Lipinski definition) is 6. The Morgan fingerprint density at radius 2 is 1.76 bits per heavy atom. The molecule has 0 atom stereocenters. The minimum Gasteiger partial charge on any atom is -0.489 e. The van der Waals surface area contributed by atoms with E-state index in [4.69, 9.17) is 37.2 Å². The molecule has 0 aliphatic rings. The van der Waals surface area contributed by atoms with Gasteiger partial charge in [-0.15, -0.1) is 11.3 Å². The fraction of sp³-hybridized carbons (Fsp3) is 0.172. The minimum absolute atomic E-state index is 0.270. The maximum Gasteiger partial charge on any atom is 0.339 e. The number of ether oxygens (including phenoxy) is 2. The molecule has 0 radical (unpaired) electrons. The monoisotopic (exact) mass is 551 g/mol. The van der Waals surface area contributed by atoms with Crippen LogP contribution >= 0.6 is 34.5 Å². The lowest BCUT2D eigenvalue weighted by molar-refractivity contribution is 0.0603. The van der Waals surface area contributed by atoms with Gasteiger partial charge in [-0.25, -0.2) is 4.79 Å². The lowest BCUT2D eigenvalue weighted by Crippen LogP contribution is -2.00. The van der Waals surface area contributed by atoms with E-state index in [-0.39, 0.29) is 12.6 Å². The molecule has 0 N–H and O–H groups in total. The van der Waals surface area contributed by atoms with Gasteiger partial charge in [-0.05, 0) is 47.9 Å². The van der Waals surface area contributed by atoms with Gasteiger partial charge in [-0.1, -0.05) is 65.6 Å². The Balaban J connectivity index is 1.37. The van der Waals surface area contributed by atoms with E-state index in [2.05, 4.69) is 18.1 Å². The van der Waals surface area contributed by atoms with E-state index in [1.807, 2.05) is 41.8 Å². The number of thiophene rings is 1. The van der Waals surface area contributed by atoms with E-state index in [0.717, 1.165) is 45.4 Å². The molecule has 0 aliphatic carbocycles. The molecule has 37 heavy (non-hydrogen) atoms. The number of rotatable bonds is 8. The van der Waals surface area contributed by atoms with E-state index in [1.54, 1.807) is 18.2 Å². The van der Waals surface area contributed by atoms with Crippen molar-refractivity contribution in [3.05, 3.63) is 93.0 Å². The van der Waals surface area contributed by atoms with Gasteiger partial charge in [-0.2, -0.15) is 0 Å². The zero-order valence-corrected chi connectivity index (χ0v) is 22.5. The number of benzene rings is 3. The second-order valence-electron chi connectivity index (χ2n) is 8.44. The quantitative estimate of drug-likeness (QED) is 0.180. The van der Waals surface area contributed by atoms with Crippen LogP contribution in [0.1, 0.15) is 35.0 Å². The number of aromatic nitrogens is 1. The Labute approximate surface area is 228 Å². The van der Waals surface area contributed by atoms with Gasteiger partial charge >= 0.3 is 5.97 Å². The van der Waals surface area contributed by atoms with E-state index in [9.17, 15) is 4.79 Å². The van der Waals surface area contributed by atoms with E-state index in [1.165, 1.54) is 18.4 Å². The third kappa shape index (κ3) is 5.10. The summed E-state index contributed by atoms with van der Waals surface area (Å²) in [5.41, 5.74) is 4.77. The van der Waals surface area contributed by atoms with Gasteiger partial charge in [0.2, 0.25) is 0 Å². The van der Waals surface area contributed by atoms with Crippen LogP contribution in [0.3, 0.4) is 0 Å². The SMILES string of the molecule is CCCc1onc(-c2c(Cl)cccc2Cl)c1COc1ccc(-c2ccc3c(C(=O)OC)csc3c2)cc1. The number of carbonyl (C=O) groups excluding carboxylic acids is 1. The van der Waals surface area contributed by atoms with Crippen LogP contribution < -0.4 is 4.74 Å². The lowest BCUT2D eigenvalue weighted by Gasteiger charge is -2.10. The van der Waals surface area contributed by atoms with Gasteiger partial charge in [0, 0.05) is 27.5 Å². The molecule has 0 saturated carbocycles. The molecular formula is C29H23Cl2NO4S. The summed E-state index contributed by atoms with van der Waals surface area (Å²) in [5, 5.41) is 8.03. The highest BCUT2D eigenvalue weighted by Gasteiger charge is 2.22. The van der Waals surface area contributed by atoms with E-state index in [0.29, 0.717) is 32.6 Å². The highest BCUT2D eigenvalue weighted by Crippen LogP contribution is 2.38. The average molecular weight is 552 g/mol. The van der Waals surface area contributed by atoms with Crippen LogP contribution in [0.2, 0.25) is 10.0 Å². The summed E-state index contributed by atoms with van der Waals surface area (Å²) in [6, 6.07) is 19.3. The van der Waals surface area contributed by atoms with Crippen LogP contribution in [-0.2, 0) is 17.8 Å². The molecule has 2 heterocycles. The maximum absolute atomic E-state index is 12.0. The number of halogens is 2. The molecule has 5 aromatic rings. The van der Waals surface area contributed by atoms with Crippen molar-refractivity contribution in [1.82, 2.24) is 5.16 Å². The molecule has 0 unspecified atom stereocenters. The molecule has 0 saturated heterocycles. The smallest absolute Gasteiger partial charge is 0.339 e. The molecule has 3 aromatic carbocycles. The Morgan fingerprint density at radius 1 is 1.03 bits per heavy atom. The number of methoxy groups -OCH3 is 1. The van der Waals surface area contributed by atoms with Crippen molar-refractivity contribution in [2.24, 2.45) is 0 Å². The first-order valence-corrected chi connectivity index (χ1v) is 13.4. The number of fused-ring (bicyclic) bond motifs is 1. The fourth-order valence-electron chi connectivity index (χ4n) is 4.21. The van der Waals surface area contributed by atoms with Crippen LogP contribution in [0.15, 0.2) is 70.6 Å². The van der Waals surface area contributed by atoms with Gasteiger partial charge in [0.05, 0.1) is 28.3 Å². The summed E-state index contributed by atoms with van der Waals surface area (Å²) in [4.78, 5) is 12.0. The molecule has 5 rings (SSSR count). The van der Waals surface area contributed by atoms with Gasteiger partial charge in [0.25, 0.3) is 0 Å². The Bertz CT molecular complexity index is 1550. The Hall–Kier alpha value is -3.32. The summed E-state index contributed by atoms with van der Waals surface area (Å²) in [7, 11) is 1.39. The predicted octanol–water partition coefficient (Wildman–Crippen LogP) is 8.85. The number of carbonyl (C=O) groups is 1. The van der Waals surface area contributed by atoms with Gasteiger partial charge in [0.15, 0.2) is 0 Å². The van der Waals surface area contributed by atoms with Crippen LogP contribution in [0, 0.1) is 0 Å². The second-order valence-corrected chi connectivity index (χ2v) is 10.2. The zero-order valence-electron chi connectivity index (χ0n) is 20.2. The number of nitrogens with zero attached hydrogens (tertiary/aromatic N) is 1. The molecule has 8 heteroatoms. The minimum atomic E-state index is -0.324. The summed E-state index contributed by atoms with van der Waals surface area (Å²) in [6.07, 6.45) is 1.64. The number of aryl methyl sites for hydroxylation is 1. The highest BCUT2D eigenvalue weighted by molar-refractivity contribution is 7.17. The Morgan fingerprint density at radius 3 is 2.46 bits per heavy atom. The first kappa shape index (κ1) is 25.3. The third-order valence-corrected chi connectivity index (χ3v) is 7.67. The van der Waals surface area contributed by atoms with Crippen molar-refractivity contribution in [3.8, 4) is 28.1 Å².